The first-order chi connectivity index (χ1) is 6.83. The number of rotatable bonds is 2. The Hall–Kier alpha value is 0.270. The Morgan fingerprint density at radius 2 is 2.36 bits per heavy atom. The van der Waals surface area contributed by atoms with Gasteiger partial charge < -0.3 is 5.32 Å². The molecule has 0 aromatic heterocycles. The molecular weight excluding hydrogens is 192 g/mol. The van der Waals surface area contributed by atoms with Crippen molar-refractivity contribution in [3.8, 4) is 0 Å². The predicted molar refractivity (Wildman–Crippen MR) is 64.0 cm³/mol. The van der Waals surface area contributed by atoms with Crippen LogP contribution in [0.15, 0.2) is 0 Å². The first-order valence-corrected chi connectivity index (χ1v) is 6.96. The molecule has 0 saturated carbocycles. The molecule has 14 heavy (non-hydrogen) atoms. The Balaban J connectivity index is 1.99. The average molecular weight is 214 g/mol. The molecule has 2 aliphatic rings. The lowest BCUT2D eigenvalue weighted by molar-refractivity contribution is 0.104. The SMILES string of the molecule is CCC1CNCCN1C1CCSC1C. The number of hydrogen-bond donors (Lipinski definition) is 1. The summed E-state index contributed by atoms with van der Waals surface area (Å²) in [6.45, 7) is 8.36. The van der Waals surface area contributed by atoms with Crippen LogP contribution in [0.1, 0.15) is 26.7 Å². The van der Waals surface area contributed by atoms with Crippen LogP contribution in [0.2, 0.25) is 0 Å². The Morgan fingerprint density at radius 1 is 1.50 bits per heavy atom. The van der Waals surface area contributed by atoms with Crippen LogP contribution < -0.4 is 5.32 Å². The maximum atomic E-state index is 3.51. The molecule has 2 heterocycles. The molecule has 1 N–H and O–H groups in total. The first-order valence-electron chi connectivity index (χ1n) is 5.91. The van der Waals surface area contributed by atoms with Crippen LogP contribution in [-0.2, 0) is 0 Å². The van der Waals surface area contributed by atoms with E-state index < -0.39 is 0 Å². The summed E-state index contributed by atoms with van der Waals surface area (Å²) in [4.78, 5) is 2.77. The third kappa shape index (κ3) is 2.10. The van der Waals surface area contributed by atoms with Gasteiger partial charge in [0.25, 0.3) is 0 Å². The van der Waals surface area contributed by atoms with Crippen LogP contribution in [0.4, 0.5) is 0 Å². The molecule has 2 saturated heterocycles. The lowest BCUT2D eigenvalue weighted by Gasteiger charge is -2.41. The summed E-state index contributed by atoms with van der Waals surface area (Å²) in [5.41, 5.74) is 0. The van der Waals surface area contributed by atoms with Gasteiger partial charge in [0.15, 0.2) is 0 Å². The van der Waals surface area contributed by atoms with E-state index in [0.29, 0.717) is 0 Å². The number of nitrogens with zero attached hydrogens (tertiary/aromatic N) is 1. The molecule has 82 valence electrons. The Labute approximate surface area is 91.8 Å². The molecule has 2 aliphatic heterocycles. The fourth-order valence-electron chi connectivity index (χ4n) is 2.75. The van der Waals surface area contributed by atoms with E-state index >= 15 is 0 Å². The largest absolute Gasteiger partial charge is 0.314 e. The summed E-state index contributed by atoms with van der Waals surface area (Å²) < 4.78 is 0. The highest BCUT2D eigenvalue weighted by atomic mass is 32.2. The predicted octanol–water partition coefficient (Wildman–Crippen LogP) is 1.56. The van der Waals surface area contributed by atoms with Gasteiger partial charge in [-0.15, -0.1) is 0 Å². The minimum Gasteiger partial charge on any atom is -0.314 e. The van der Waals surface area contributed by atoms with Crippen molar-refractivity contribution in [3.63, 3.8) is 0 Å². The van der Waals surface area contributed by atoms with Crippen LogP contribution in [0.3, 0.4) is 0 Å². The molecule has 3 unspecified atom stereocenters. The summed E-state index contributed by atoms with van der Waals surface area (Å²) in [5, 5.41) is 4.35. The van der Waals surface area contributed by atoms with E-state index in [0.717, 1.165) is 17.3 Å². The van der Waals surface area contributed by atoms with Crippen LogP contribution in [0.5, 0.6) is 0 Å². The molecule has 0 radical (unpaired) electrons. The van der Waals surface area contributed by atoms with Gasteiger partial charge in [0.2, 0.25) is 0 Å². The van der Waals surface area contributed by atoms with E-state index in [4.69, 9.17) is 0 Å². The monoisotopic (exact) mass is 214 g/mol. The second kappa shape index (κ2) is 4.86. The van der Waals surface area contributed by atoms with Gasteiger partial charge in [-0.05, 0) is 18.6 Å². The molecule has 0 aromatic carbocycles. The second-order valence-electron chi connectivity index (χ2n) is 4.44. The second-order valence-corrected chi connectivity index (χ2v) is 5.92. The van der Waals surface area contributed by atoms with Crippen molar-refractivity contribution in [1.82, 2.24) is 10.2 Å². The molecule has 0 amide bonds. The first kappa shape index (κ1) is 10.8. The Kier molecular flexibility index (Phi) is 3.74. The van der Waals surface area contributed by atoms with Gasteiger partial charge in [0, 0.05) is 37.0 Å². The number of nitrogens with one attached hydrogen (secondary N) is 1. The van der Waals surface area contributed by atoms with E-state index in [-0.39, 0.29) is 0 Å². The molecule has 0 aromatic rings. The topological polar surface area (TPSA) is 15.3 Å². The Bertz CT molecular complexity index is 186. The molecule has 2 fully saturated rings. The van der Waals surface area contributed by atoms with Crippen molar-refractivity contribution in [2.24, 2.45) is 0 Å². The van der Waals surface area contributed by atoms with E-state index in [1.807, 2.05) is 0 Å². The van der Waals surface area contributed by atoms with Crippen molar-refractivity contribution in [2.45, 2.75) is 44.0 Å². The highest BCUT2D eigenvalue weighted by Gasteiger charge is 2.34. The van der Waals surface area contributed by atoms with Crippen molar-refractivity contribution >= 4 is 11.8 Å². The third-order valence-corrected chi connectivity index (χ3v) is 4.94. The standard InChI is InChI=1S/C11H22N2S/c1-3-10-8-12-5-6-13(10)11-4-7-14-9(11)2/h9-12H,3-8H2,1-2H3. The van der Waals surface area contributed by atoms with E-state index in [2.05, 4.69) is 35.8 Å². The number of thioether (sulfide) groups is 1. The maximum absolute atomic E-state index is 3.51. The van der Waals surface area contributed by atoms with Gasteiger partial charge in [-0.3, -0.25) is 4.90 Å². The minimum absolute atomic E-state index is 0.787. The van der Waals surface area contributed by atoms with Crippen molar-refractivity contribution in [2.75, 3.05) is 25.4 Å². The normalized spacial score (nSPS) is 40.3. The molecule has 3 atom stereocenters. The highest BCUT2D eigenvalue weighted by Crippen LogP contribution is 2.31. The molecular formula is C11H22N2S. The summed E-state index contributed by atoms with van der Waals surface area (Å²) in [6.07, 6.45) is 2.70. The lowest BCUT2D eigenvalue weighted by Crippen LogP contribution is -2.56. The average Bonchev–Trinajstić information content (AvgIpc) is 2.64. The molecule has 2 nitrogen and oxygen atoms in total. The fourth-order valence-corrected chi connectivity index (χ4v) is 4.01. The maximum Gasteiger partial charge on any atom is 0.0223 e. The van der Waals surface area contributed by atoms with E-state index in [1.165, 1.54) is 38.2 Å². The van der Waals surface area contributed by atoms with Crippen LogP contribution >= 0.6 is 11.8 Å². The van der Waals surface area contributed by atoms with Crippen LogP contribution in [0, 0.1) is 0 Å². The Morgan fingerprint density at radius 3 is 3.00 bits per heavy atom. The number of piperazine rings is 1. The molecule has 0 spiro atoms. The molecule has 2 rings (SSSR count). The van der Waals surface area contributed by atoms with Crippen LogP contribution in [0.25, 0.3) is 0 Å². The molecule has 0 bridgehead atoms. The summed E-state index contributed by atoms with van der Waals surface area (Å²) in [5.74, 6) is 1.37. The highest BCUT2D eigenvalue weighted by molar-refractivity contribution is 8.00. The van der Waals surface area contributed by atoms with Gasteiger partial charge >= 0.3 is 0 Å². The fraction of sp³-hybridized carbons (Fsp3) is 1.00. The van der Waals surface area contributed by atoms with E-state index in [9.17, 15) is 0 Å². The number of hydrogen-bond acceptors (Lipinski definition) is 3. The van der Waals surface area contributed by atoms with E-state index in [1.54, 1.807) is 0 Å². The van der Waals surface area contributed by atoms with Gasteiger partial charge in [0.1, 0.15) is 0 Å². The smallest absolute Gasteiger partial charge is 0.0223 e. The molecule has 3 heteroatoms. The quantitative estimate of drug-likeness (QED) is 0.751. The molecule has 0 aliphatic carbocycles. The van der Waals surface area contributed by atoms with Crippen molar-refractivity contribution in [3.05, 3.63) is 0 Å². The third-order valence-electron chi connectivity index (χ3n) is 3.63. The zero-order valence-corrected chi connectivity index (χ0v) is 10.1. The summed E-state index contributed by atoms with van der Waals surface area (Å²) in [7, 11) is 0. The lowest BCUT2D eigenvalue weighted by atomic mass is 10.0. The van der Waals surface area contributed by atoms with Crippen molar-refractivity contribution in [1.29, 1.82) is 0 Å². The minimum atomic E-state index is 0.787. The zero-order valence-electron chi connectivity index (χ0n) is 9.33. The van der Waals surface area contributed by atoms with Crippen LogP contribution in [-0.4, -0.2) is 47.6 Å². The van der Waals surface area contributed by atoms with Gasteiger partial charge in [-0.1, -0.05) is 13.8 Å². The van der Waals surface area contributed by atoms with Gasteiger partial charge in [-0.25, -0.2) is 0 Å². The summed E-state index contributed by atoms with van der Waals surface area (Å²) >= 11 is 2.15. The van der Waals surface area contributed by atoms with Crippen molar-refractivity contribution < 1.29 is 0 Å². The zero-order chi connectivity index (χ0) is 9.97. The van der Waals surface area contributed by atoms with Gasteiger partial charge in [0.05, 0.1) is 0 Å². The van der Waals surface area contributed by atoms with Gasteiger partial charge in [-0.2, -0.15) is 11.8 Å². The summed E-state index contributed by atoms with van der Waals surface area (Å²) in [6, 6.07) is 1.64.